The number of carbonyl (C=O) groups excluding carboxylic acids is 1. The summed E-state index contributed by atoms with van der Waals surface area (Å²) in [4.78, 5) is 27.9. The summed E-state index contributed by atoms with van der Waals surface area (Å²) < 4.78 is 31.4. The summed E-state index contributed by atoms with van der Waals surface area (Å²) in [6.45, 7) is 1.14. The van der Waals surface area contributed by atoms with Gasteiger partial charge in [0.2, 0.25) is 5.91 Å². The minimum Gasteiger partial charge on any atom is -0.342 e. The van der Waals surface area contributed by atoms with E-state index in [1.54, 1.807) is 4.90 Å². The molecule has 1 aliphatic heterocycles. The summed E-state index contributed by atoms with van der Waals surface area (Å²) in [7, 11) is 0. The Labute approximate surface area is 131 Å². The van der Waals surface area contributed by atoms with Gasteiger partial charge in [-0.3, -0.25) is 14.3 Å². The molecule has 2 aliphatic carbocycles. The molecule has 23 heavy (non-hydrogen) atoms. The van der Waals surface area contributed by atoms with Gasteiger partial charge < -0.3 is 4.90 Å². The molecule has 6 nitrogen and oxygen atoms in total. The number of hydrogen-bond acceptors (Lipinski definition) is 4. The molecule has 126 valence electrons. The van der Waals surface area contributed by atoms with Crippen LogP contribution in [0.2, 0.25) is 0 Å². The van der Waals surface area contributed by atoms with Gasteiger partial charge >= 0.3 is 5.76 Å². The number of nitrogens with one attached hydrogen (secondary N) is 1. The number of aromatic nitrogens is 2. The van der Waals surface area contributed by atoms with Crippen molar-refractivity contribution in [2.24, 2.45) is 17.8 Å². The minimum atomic E-state index is -2.54. The number of alkyl halides is 2. The van der Waals surface area contributed by atoms with E-state index in [0.29, 0.717) is 51.0 Å². The topological polar surface area (TPSA) is 79.2 Å². The molecule has 3 atom stereocenters. The molecule has 3 aliphatic rings. The Morgan fingerprint density at radius 2 is 1.96 bits per heavy atom. The Kier molecular flexibility index (Phi) is 3.32. The van der Waals surface area contributed by atoms with Crippen LogP contribution in [0.25, 0.3) is 0 Å². The predicted molar refractivity (Wildman–Crippen MR) is 74.9 cm³/mol. The minimum absolute atomic E-state index is 0.0123. The molecule has 2 saturated carbocycles. The number of fused-ring (bicyclic) bond motifs is 1. The Morgan fingerprint density at radius 1 is 1.22 bits per heavy atom. The second-order valence-electron chi connectivity index (χ2n) is 6.98. The number of hydrogen-bond donors (Lipinski definition) is 1. The highest BCUT2D eigenvalue weighted by Gasteiger charge is 2.69. The van der Waals surface area contributed by atoms with E-state index in [1.165, 1.54) is 0 Å². The molecule has 0 spiro atoms. The fraction of sp³-hybridized carbons (Fsp3) is 0.800. The zero-order valence-electron chi connectivity index (χ0n) is 12.6. The van der Waals surface area contributed by atoms with Gasteiger partial charge in [0.25, 0.3) is 5.92 Å². The number of amides is 1. The maximum atomic E-state index is 13.5. The molecule has 1 aromatic heterocycles. The summed E-state index contributed by atoms with van der Waals surface area (Å²) in [6.07, 6.45) is 2.76. The lowest BCUT2D eigenvalue weighted by atomic mass is 9.87. The van der Waals surface area contributed by atoms with Gasteiger partial charge in [0.05, 0.1) is 0 Å². The Morgan fingerprint density at radius 3 is 2.57 bits per heavy atom. The maximum absolute atomic E-state index is 13.5. The van der Waals surface area contributed by atoms with E-state index in [4.69, 9.17) is 0 Å². The zero-order chi connectivity index (χ0) is 16.2. The van der Waals surface area contributed by atoms with Gasteiger partial charge in [-0.15, -0.1) is 0 Å². The average Bonchev–Trinajstić information content (AvgIpc) is 2.89. The van der Waals surface area contributed by atoms with E-state index in [0.717, 1.165) is 0 Å². The molecule has 1 saturated heterocycles. The smallest absolute Gasteiger partial charge is 0.342 e. The lowest BCUT2D eigenvalue weighted by molar-refractivity contribution is -0.137. The molecule has 0 bridgehead atoms. The zero-order valence-corrected chi connectivity index (χ0v) is 12.6. The van der Waals surface area contributed by atoms with Crippen molar-refractivity contribution in [1.29, 1.82) is 0 Å². The van der Waals surface area contributed by atoms with Crippen molar-refractivity contribution in [3.63, 3.8) is 0 Å². The van der Waals surface area contributed by atoms with Gasteiger partial charge in [-0.1, -0.05) is 5.16 Å². The molecular weight excluding hydrogens is 308 g/mol. The Bertz CT molecular complexity index is 663. The van der Waals surface area contributed by atoms with Crippen LogP contribution in [0, 0.1) is 17.8 Å². The summed E-state index contributed by atoms with van der Waals surface area (Å²) in [5.41, 5.74) is 0. The van der Waals surface area contributed by atoms with Crippen LogP contribution < -0.4 is 5.76 Å². The molecule has 1 aromatic rings. The Hall–Kier alpha value is -1.73. The molecule has 2 heterocycles. The second kappa shape index (κ2) is 5.14. The molecule has 0 radical (unpaired) electrons. The van der Waals surface area contributed by atoms with Crippen molar-refractivity contribution in [3.05, 3.63) is 16.4 Å². The quantitative estimate of drug-likeness (QED) is 0.897. The van der Waals surface area contributed by atoms with Crippen LogP contribution in [0.15, 0.2) is 9.32 Å². The molecule has 0 unspecified atom stereocenters. The molecule has 3 fully saturated rings. The first-order valence-corrected chi connectivity index (χ1v) is 8.19. The third-order valence-corrected chi connectivity index (χ3v) is 5.73. The van der Waals surface area contributed by atoms with Crippen molar-refractivity contribution < 1.29 is 18.1 Å². The summed E-state index contributed by atoms with van der Waals surface area (Å²) >= 11 is 0. The number of rotatable bonds is 2. The Balaban J connectivity index is 1.33. The van der Waals surface area contributed by atoms with E-state index in [-0.39, 0.29) is 17.7 Å². The number of likely N-dealkylation sites (tertiary alicyclic amines) is 1. The van der Waals surface area contributed by atoms with E-state index >= 15 is 0 Å². The van der Waals surface area contributed by atoms with Gasteiger partial charge in [0.1, 0.15) is 0 Å². The maximum Gasteiger partial charge on any atom is 0.438 e. The molecule has 4 rings (SSSR count). The average molecular weight is 327 g/mol. The third-order valence-electron chi connectivity index (χ3n) is 5.73. The fourth-order valence-corrected chi connectivity index (χ4v) is 4.25. The summed E-state index contributed by atoms with van der Waals surface area (Å²) in [5.74, 6) is -3.81. The van der Waals surface area contributed by atoms with E-state index in [1.807, 2.05) is 0 Å². The fourth-order valence-electron chi connectivity index (χ4n) is 4.25. The summed E-state index contributed by atoms with van der Waals surface area (Å²) in [5, 5.41) is 3.70. The van der Waals surface area contributed by atoms with Gasteiger partial charge in [0.15, 0.2) is 5.82 Å². The molecule has 1 amide bonds. The lowest BCUT2D eigenvalue weighted by Crippen LogP contribution is -2.42. The van der Waals surface area contributed by atoms with Gasteiger partial charge in [-0.2, -0.15) is 0 Å². The monoisotopic (exact) mass is 327 g/mol. The number of aromatic amines is 1. The van der Waals surface area contributed by atoms with Crippen molar-refractivity contribution >= 4 is 5.91 Å². The second-order valence-corrected chi connectivity index (χ2v) is 6.98. The van der Waals surface area contributed by atoms with E-state index in [2.05, 4.69) is 14.7 Å². The van der Waals surface area contributed by atoms with E-state index < -0.39 is 23.5 Å². The highest BCUT2D eigenvalue weighted by molar-refractivity contribution is 5.79. The highest BCUT2D eigenvalue weighted by Crippen LogP contribution is 2.63. The van der Waals surface area contributed by atoms with Crippen LogP contribution in [-0.2, 0) is 4.79 Å². The first-order chi connectivity index (χ1) is 11.0. The standard InChI is InChI=1S/C15H19F2N3O3/c16-15(17)10-2-1-9(7-11(10)15)13(21)20-5-3-8(4-6-20)12-18-14(22)23-19-12/h8-11H,1-7H2,(H,18,19,22)/t9-,10+,11-/m1/s1. The van der Waals surface area contributed by atoms with Crippen molar-refractivity contribution in [1.82, 2.24) is 15.0 Å². The van der Waals surface area contributed by atoms with Gasteiger partial charge in [0, 0.05) is 36.8 Å². The molecular formula is C15H19F2N3O3. The van der Waals surface area contributed by atoms with Crippen molar-refractivity contribution in [3.8, 4) is 0 Å². The SMILES string of the molecule is O=C([C@@H]1CC[C@H]2[C@@H](C1)C2(F)F)N1CCC(c2noc(=O)[nH]2)CC1. The van der Waals surface area contributed by atoms with Crippen LogP contribution in [0.3, 0.4) is 0 Å². The molecule has 1 N–H and O–H groups in total. The number of H-pyrrole nitrogens is 1. The number of nitrogens with zero attached hydrogens (tertiary/aromatic N) is 2. The largest absolute Gasteiger partial charge is 0.438 e. The van der Waals surface area contributed by atoms with Crippen LogP contribution >= 0.6 is 0 Å². The van der Waals surface area contributed by atoms with Crippen LogP contribution in [0.1, 0.15) is 43.8 Å². The van der Waals surface area contributed by atoms with E-state index in [9.17, 15) is 18.4 Å². The number of carbonyl (C=O) groups is 1. The molecule has 0 aromatic carbocycles. The van der Waals surface area contributed by atoms with Gasteiger partial charge in [-0.05, 0) is 32.1 Å². The van der Waals surface area contributed by atoms with Crippen LogP contribution in [0.5, 0.6) is 0 Å². The van der Waals surface area contributed by atoms with Crippen LogP contribution in [0.4, 0.5) is 8.78 Å². The number of piperidine rings is 1. The normalized spacial score (nSPS) is 33.3. The highest BCUT2D eigenvalue weighted by atomic mass is 19.3. The van der Waals surface area contributed by atoms with Crippen LogP contribution in [-0.4, -0.2) is 40.0 Å². The first-order valence-electron chi connectivity index (χ1n) is 8.19. The first kappa shape index (κ1) is 14.8. The van der Waals surface area contributed by atoms with Crippen molar-refractivity contribution in [2.45, 2.75) is 43.9 Å². The number of halogens is 2. The predicted octanol–water partition coefficient (Wildman–Crippen LogP) is 1.75. The lowest BCUT2D eigenvalue weighted by Gasteiger charge is -2.34. The van der Waals surface area contributed by atoms with Crippen molar-refractivity contribution in [2.75, 3.05) is 13.1 Å². The van der Waals surface area contributed by atoms with Gasteiger partial charge in [-0.25, -0.2) is 13.6 Å². The summed E-state index contributed by atoms with van der Waals surface area (Å²) in [6, 6.07) is 0. The molecule has 8 heteroatoms. The third kappa shape index (κ3) is 2.48.